The van der Waals surface area contributed by atoms with Crippen LogP contribution in [0, 0.1) is 0 Å². The van der Waals surface area contributed by atoms with Gasteiger partial charge in [-0.2, -0.15) is 0 Å². The number of aromatic nitrogens is 1. The topological polar surface area (TPSA) is 83.8 Å². The molecule has 3 rings (SSSR count). The largest absolute Gasteiger partial charge is 0.493 e. The predicted molar refractivity (Wildman–Crippen MR) is 127 cm³/mol. The molecule has 0 aliphatic rings. The van der Waals surface area contributed by atoms with Crippen molar-refractivity contribution in [1.82, 2.24) is 4.57 Å². The number of hydrogen-bond donors (Lipinski definition) is 0. The van der Waals surface area contributed by atoms with Crippen LogP contribution in [0.2, 0.25) is 0 Å². The number of thiazole rings is 1. The highest BCUT2D eigenvalue weighted by Gasteiger charge is 2.10. The van der Waals surface area contributed by atoms with E-state index in [1.807, 2.05) is 31.2 Å². The Bertz CT molecular complexity index is 1300. The maximum absolute atomic E-state index is 13.3. The first-order chi connectivity index (χ1) is 16.0. The summed E-state index contributed by atoms with van der Waals surface area (Å²) in [5, 5.41) is 0. The molecule has 0 N–H and O–H groups in total. The van der Waals surface area contributed by atoms with Crippen molar-refractivity contribution in [2.24, 2.45) is 0 Å². The van der Waals surface area contributed by atoms with Crippen LogP contribution in [0.4, 0.5) is 0 Å². The van der Waals surface area contributed by atoms with Gasteiger partial charge >= 0.3 is 11.9 Å². The molecule has 8 heteroatoms. The van der Waals surface area contributed by atoms with Gasteiger partial charge in [0.15, 0.2) is 0 Å². The van der Waals surface area contributed by atoms with E-state index in [1.54, 1.807) is 37.3 Å². The highest BCUT2D eigenvalue weighted by atomic mass is 32.1. The maximum atomic E-state index is 13.3. The third-order valence-corrected chi connectivity index (χ3v) is 5.75. The normalized spacial score (nSPS) is 12.0. The second-order valence-corrected chi connectivity index (χ2v) is 7.96. The minimum absolute atomic E-state index is 0.225. The number of methoxy groups -OCH3 is 1. The van der Waals surface area contributed by atoms with Crippen LogP contribution in [-0.2, 0) is 20.8 Å². The molecule has 0 spiro atoms. The van der Waals surface area contributed by atoms with Gasteiger partial charge in [-0.25, -0.2) is 9.59 Å². The molecule has 1 heterocycles. The first-order valence-corrected chi connectivity index (χ1v) is 11.3. The smallest absolute Gasteiger partial charge is 0.337 e. The van der Waals surface area contributed by atoms with Gasteiger partial charge in [-0.3, -0.25) is 9.36 Å². The van der Waals surface area contributed by atoms with Crippen LogP contribution < -0.4 is 19.5 Å². The Hall–Kier alpha value is -3.65. The highest BCUT2D eigenvalue weighted by Crippen LogP contribution is 2.18. The lowest BCUT2D eigenvalue weighted by atomic mass is 10.1. The number of benzene rings is 2. The van der Waals surface area contributed by atoms with E-state index in [9.17, 15) is 14.4 Å². The molecule has 3 aromatic rings. The number of ether oxygens (including phenoxy) is 3. The molecule has 7 nitrogen and oxygen atoms in total. The molecule has 0 amide bonds. The lowest BCUT2D eigenvalue weighted by Gasteiger charge is -2.05. The molecule has 33 heavy (non-hydrogen) atoms. The molecule has 172 valence electrons. The third-order valence-electron chi connectivity index (χ3n) is 4.69. The van der Waals surface area contributed by atoms with E-state index in [4.69, 9.17) is 14.2 Å². The molecule has 1 aromatic heterocycles. The van der Waals surface area contributed by atoms with Crippen molar-refractivity contribution in [2.45, 2.75) is 20.4 Å². The highest BCUT2D eigenvalue weighted by molar-refractivity contribution is 7.07. The summed E-state index contributed by atoms with van der Waals surface area (Å²) in [7, 11) is 1.32. The summed E-state index contributed by atoms with van der Waals surface area (Å²) in [4.78, 5) is 37.1. The number of hydrogen-bond acceptors (Lipinski definition) is 7. The number of esters is 2. The van der Waals surface area contributed by atoms with Crippen LogP contribution in [0.5, 0.6) is 5.75 Å². The van der Waals surface area contributed by atoms with Gasteiger partial charge in [0.05, 0.1) is 43.0 Å². The number of carbonyl (C=O) groups excluding carboxylic acids is 2. The van der Waals surface area contributed by atoms with Gasteiger partial charge in [0.1, 0.15) is 10.4 Å². The first-order valence-electron chi connectivity index (χ1n) is 10.5. The predicted octanol–water partition coefficient (Wildman–Crippen LogP) is 2.32. The van der Waals surface area contributed by atoms with Gasteiger partial charge < -0.3 is 14.2 Å². The van der Waals surface area contributed by atoms with Crippen LogP contribution in [0.15, 0.2) is 53.3 Å². The quantitative estimate of drug-likeness (QED) is 0.473. The maximum Gasteiger partial charge on any atom is 0.337 e. The van der Waals surface area contributed by atoms with Gasteiger partial charge in [-0.1, -0.05) is 30.3 Å². The van der Waals surface area contributed by atoms with Crippen LogP contribution in [0.3, 0.4) is 0 Å². The van der Waals surface area contributed by atoms with Gasteiger partial charge in [-0.15, -0.1) is 11.3 Å². The number of para-hydroxylation sites is 1. The van der Waals surface area contributed by atoms with Gasteiger partial charge in [0.25, 0.3) is 5.56 Å². The van der Waals surface area contributed by atoms with Gasteiger partial charge in [0, 0.05) is 5.56 Å². The fraction of sp³-hybridized carbons (Fsp3) is 0.240. The van der Waals surface area contributed by atoms with E-state index < -0.39 is 11.9 Å². The van der Waals surface area contributed by atoms with Crippen molar-refractivity contribution in [3.05, 3.63) is 84.8 Å². The molecule has 0 radical (unpaired) electrons. The summed E-state index contributed by atoms with van der Waals surface area (Å²) in [6, 6.07) is 14.2. The summed E-state index contributed by atoms with van der Waals surface area (Å²) >= 11 is 1.20. The molecule has 0 atom stereocenters. The Morgan fingerprint density at radius 2 is 1.76 bits per heavy atom. The molecule has 0 unspecified atom stereocenters. The second kappa shape index (κ2) is 11.3. The van der Waals surface area contributed by atoms with Crippen molar-refractivity contribution < 1.29 is 23.8 Å². The van der Waals surface area contributed by atoms with Crippen molar-refractivity contribution in [3.8, 4) is 5.75 Å². The van der Waals surface area contributed by atoms with Crippen LogP contribution in [-0.4, -0.2) is 36.8 Å². The first kappa shape index (κ1) is 24.0. The molecule has 0 bridgehead atoms. The van der Waals surface area contributed by atoms with E-state index in [-0.39, 0.29) is 18.7 Å². The Balaban J connectivity index is 2.09. The average Bonchev–Trinajstić information content (AvgIpc) is 3.09. The van der Waals surface area contributed by atoms with E-state index in [2.05, 4.69) is 0 Å². The van der Waals surface area contributed by atoms with Gasteiger partial charge in [-0.05, 0) is 43.7 Å². The number of carbonyl (C=O) groups is 2. The lowest BCUT2D eigenvalue weighted by molar-refractivity contribution is -0.135. The van der Waals surface area contributed by atoms with Crippen molar-refractivity contribution in [1.29, 1.82) is 0 Å². The molecular weight excluding hydrogens is 442 g/mol. The summed E-state index contributed by atoms with van der Waals surface area (Å²) in [6.07, 6.45) is 3.08. The van der Waals surface area contributed by atoms with Crippen LogP contribution in [0.25, 0.3) is 12.2 Å². The fourth-order valence-electron chi connectivity index (χ4n) is 3.15. The molecule has 0 saturated carbocycles. The van der Waals surface area contributed by atoms with E-state index in [1.165, 1.54) is 29.1 Å². The van der Waals surface area contributed by atoms with Crippen molar-refractivity contribution in [2.75, 3.05) is 20.3 Å². The summed E-state index contributed by atoms with van der Waals surface area (Å²) in [6.45, 7) is 4.58. The van der Waals surface area contributed by atoms with Crippen molar-refractivity contribution >= 4 is 35.4 Å². The molecule has 0 aliphatic heterocycles. The van der Waals surface area contributed by atoms with E-state index in [0.717, 1.165) is 11.1 Å². The average molecular weight is 468 g/mol. The van der Waals surface area contributed by atoms with Crippen LogP contribution >= 0.6 is 11.3 Å². The minimum Gasteiger partial charge on any atom is -0.493 e. The van der Waals surface area contributed by atoms with E-state index in [0.29, 0.717) is 27.1 Å². The number of rotatable bonds is 8. The second-order valence-electron chi connectivity index (χ2n) is 6.90. The zero-order valence-corrected chi connectivity index (χ0v) is 19.5. The Morgan fingerprint density at radius 3 is 2.42 bits per heavy atom. The standard InChI is InChI=1S/C25H25NO6S/c1-4-31-20-9-7-6-8-19(20)14-21-24(28)26(22(33-21)15-23(27)32-5-2)16-17-10-12-18(13-11-17)25(29)30-3/h6-15H,4-5,16H2,1-3H3. The fourth-order valence-corrected chi connectivity index (χ4v) is 4.17. The summed E-state index contributed by atoms with van der Waals surface area (Å²) < 4.78 is 17.9. The molecular formula is C25H25NO6S. The number of nitrogens with zero attached hydrogens (tertiary/aromatic N) is 1. The SMILES string of the molecule is CCOC(=O)C=c1sc(=Cc2ccccc2OCC)c(=O)n1Cc1ccc(C(=O)OC)cc1. The summed E-state index contributed by atoms with van der Waals surface area (Å²) in [5.74, 6) is -0.279. The third kappa shape index (κ3) is 5.98. The molecule has 2 aromatic carbocycles. The Labute approximate surface area is 195 Å². The molecule has 0 fully saturated rings. The van der Waals surface area contributed by atoms with Crippen LogP contribution in [0.1, 0.15) is 35.3 Å². The minimum atomic E-state index is -0.519. The molecule has 0 aliphatic carbocycles. The zero-order chi connectivity index (χ0) is 23.8. The van der Waals surface area contributed by atoms with E-state index >= 15 is 0 Å². The summed E-state index contributed by atoms with van der Waals surface area (Å²) in [5.41, 5.74) is 1.75. The molecule has 0 saturated heterocycles. The lowest BCUT2D eigenvalue weighted by Crippen LogP contribution is -2.32. The Morgan fingerprint density at radius 1 is 1.03 bits per heavy atom. The van der Waals surface area contributed by atoms with Crippen molar-refractivity contribution in [3.63, 3.8) is 0 Å². The Kier molecular flexibility index (Phi) is 8.21. The monoisotopic (exact) mass is 467 g/mol. The van der Waals surface area contributed by atoms with Gasteiger partial charge in [0.2, 0.25) is 0 Å². The zero-order valence-electron chi connectivity index (χ0n) is 18.7.